The topological polar surface area (TPSA) is 72.8 Å². The Hall–Kier alpha value is -2.61. The maximum atomic E-state index is 11.9. The Morgan fingerprint density at radius 1 is 1.45 bits per heavy atom. The highest BCUT2D eigenvalue weighted by Gasteiger charge is 2.19. The molecule has 0 aliphatic heterocycles. The molecule has 1 amide bonds. The quantitative estimate of drug-likeness (QED) is 0.929. The molecule has 1 aromatic heterocycles. The van der Waals surface area contributed by atoms with Gasteiger partial charge in [0.05, 0.1) is 35.3 Å². The Balaban J connectivity index is 2.36. The minimum Gasteiger partial charge on any atom is -0.305 e. The molecule has 0 fully saturated rings. The minimum atomic E-state index is -0.0556. The van der Waals surface area contributed by atoms with Gasteiger partial charge in [-0.05, 0) is 31.5 Å². The van der Waals surface area contributed by atoms with Gasteiger partial charge in [0, 0.05) is 6.92 Å². The van der Waals surface area contributed by atoms with E-state index in [-0.39, 0.29) is 5.91 Å². The van der Waals surface area contributed by atoms with E-state index in [9.17, 15) is 4.79 Å². The Kier molecular flexibility index (Phi) is 3.85. The lowest BCUT2D eigenvalue weighted by atomic mass is 10.1. The van der Waals surface area contributed by atoms with Crippen molar-refractivity contribution in [1.82, 2.24) is 10.2 Å². The molecule has 2 aromatic rings. The molecular weight excluding hydrogens is 252 g/mol. The van der Waals surface area contributed by atoms with Crippen molar-refractivity contribution < 1.29 is 4.79 Å². The Bertz CT molecular complexity index is 662. The summed E-state index contributed by atoms with van der Waals surface area (Å²) in [6.07, 6.45) is 0. The normalized spacial score (nSPS) is 10.1. The molecule has 1 aromatic carbocycles. The second kappa shape index (κ2) is 5.57. The number of nitrogens with zero attached hydrogens (tertiary/aromatic N) is 3. The molecule has 0 unspecified atom stereocenters. The maximum absolute atomic E-state index is 11.9. The largest absolute Gasteiger partial charge is 0.305 e. The fourth-order valence-electron chi connectivity index (χ4n) is 2.21. The van der Waals surface area contributed by atoms with Crippen LogP contribution in [0.4, 0.5) is 5.69 Å². The van der Waals surface area contributed by atoms with Crippen molar-refractivity contribution in [2.45, 2.75) is 27.3 Å². The number of hydrogen-bond donors (Lipinski definition) is 1. The standard InChI is InChI=1S/C15H16N4O/c1-10-15(11(2)18-17-10)19(12(3)20)9-14-6-4-5-13(7-14)8-16/h4-7H,9H2,1-3H3,(H,17,18). The number of rotatable bonds is 3. The number of carbonyl (C=O) groups excluding carboxylic acids is 1. The van der Waals surface area contributed by atoms with E-state index in [1.165, 1.54) is 6.92 Å². The summed E-state index contributed by atoms with van der Waals surface area (Å²) < 4.78 is 0. The van der Waals surface area contributed by atoms with Crippen LogP contribution in [0, 0.1) is 25.2 Å². The van der Waals surface area contributed by atoms with Gasteiger partial charge in [-0.1, -0.05) is 12.1 Å². The van der Waals surface area contributed by atoms with Gasteiger partial charge in [0.1, 0.15) is 0 Å². The number of benzene rings is 1. The summed E-state index contributed by atoms with van der Waals surface area (Å²) >= 11 is 0. The van der Waals surface area contributed by atoms with E-state index in [4.69, 9.17) is 5.26 Å². The van der Waals surface area contributed by atoms with Crippen LogP contribution in [0.2, 0.25) is 0 Å². The van der Waals surface area contributed by atoms with Gasteiger partial charge in [0.15, 0.2) is 0 Å². The lowest BCUT2D eigenvalue weighted by Crippen LogP contribution is -2.28. The highest BCUT2D eigenvalue weighted by Crippen LogP contribution is 2.24. The summed E-state index contributed by atoms with van der Waals surface area (Å²) in [5, 5.41) is 15.9. The molecule has 1 heterocycles. The second-order valence-electron chi connectivity index (χ2n) is 4.70. The summed E-state index contributed by atoms with van der Waals surface area (Å²) in [4.78, 5) is 13.6. The number of carbonyl (C=O) groups is 1. The van der Waals surface area contributed by atoms with Crippen molar-refractivity contribution in [2.24, 2.45) is 0 Å². The lowest BCUT2D eigenvalue weighted by Gasteiger charge is -2.21. The van der Waals surface area contributed by atoms with Gasteiger partial charge in [-0.15, -0.1) is 0 Å². The van der Waals surface area contributed by atoms with Crippen molar-refractivity contribution in [3.05, 3.63) is 46.8 Å². The van der Waals surface area contributed by atoms with Crippen molar-refractivity contribution in [1.29, 1.82) is 5.26 Å². The molecular formula is C15H16N4O. The third-order valence-corrected chi connectivity index (χ3v) is 3.14. The van der Waals surface area contributed by atoms with Crippen LogP contribution in [-0.4, -0.2) is 16.1 Å². The Morgan fingerprint density at radius 3 is 2.75 bits per heavy atom. The molecule has 20 heavy (non-hydrogen) atoms. The van der Waals surface area contributed by atoms with Gasteiger partial charge in [-0.3, -0.25) is 9.89 Å². The first-order chi connectivity index (χ1) is 9.52. The molecule has 2 rings (SSSR count). The van der Waals surface area contributed by atoms with Crippen LogP contribution in [-0.2, 0) is 11.3 Å². The van der Waals surface area contributed by atoms with E-state index in [1.807, 2.05) is 26.0 Å². The lowest BCUT2D eigenvalue weighted by molar-refractivity contribution is -0.116. The first-order valence-electron chi connectivity index (χ1n) is 6.31. The van der Waals surface area contributed by atoms with Gasteiger partial charge in [0.25, 0.3) is 0 Å². The molecule has 0 spiro atoms. The van der Waals surface area contributed by atoms with Gasteiger partial charge < -0.3 is 4.90 Å². The van der Waals surface area contributed by atoms with E-state index in [0.717, 1.165) is 22.6 Å². The Morgan fingerprint density at radius 2 is 2.20 bits per heavy atom. The molecule has 0 saturated carbocycles. The molecule has 5 heteroatoms. The fraction of sp³-hybridized carbons (Fsp3) is 0.267. The number of amides is 1. The summed E-state index contributed by atoms with van der Waals surface area (Å²) in [6.45, 7) is 5.70. The van der Waals surface area contributed by atoms with E-state index in [0.29, 0.717) is 12.1 Å². The second-order valence-corrected chi connectivity index (χ2v) is 4.70. The molecule has 0 aliphatic rings. The molecule has 5 nitrogen and oxygen atoms in total. The van der Waals surface area contributed by atoms with Crippen LogP contribution in [0.3, 0.4) is 0 Å². The van der Waals surface area contributed by atoms with Crippen LogP contribution in [0.5, 0.6) is 0 Å². The zero-order chi connectivity index (χ0) is 14.7. The van der Waals surface area contributed by atoms with Gasteiger partial charge in [-0.25, -0.2) is 0 Å². The van der Waals surface area contributed by atoms with Crippen LogP contribution in [0.25, 0.3) is 0 Å². The molecule has 0 saturated heterocycles. The molecule has 0 radical (unpaired) electrons. The number of nitrogens with one attached hydrogen (secondary N) is 1. The van der Waals surface area contributed by atoms with Crippen LogP contribution in [0.1, 0.15) is 29.4 Å². The van der Waals surface area contributed by atoms with Gasteiger partial charge >= 0.3 is 0 Å². The van der Waals surface area contributed by atoms with E-state index in [1.54, 1.807) is 17.0 Å². The molecule has 0 atom stereocenters. The highest BCUT2D eigenvalue weighted by atomic mass is 16.2. The molecule has 0 bridgehead atoms. The number of H-pyrrole nitrogens is 1. The smallest absolute Gasteiger partial charge is 0.224 e. The summed E-state index contributed by atoms with van der Waals surface area (Å²) in [5.41, 5.74) is 3.95. The van der Waals surface area contributed by atoms with Crippen LogP contribution in [0.15, 0.2) is 24.3 Å². The summed E-state index contributed by atoms with van der Waals surface area (Å²) in [7, 11) is 0. The average molecular weight is 268 g/mol. The molecule has 0 aliphatic carbocycles. The van der Waals surface area contributed by atoms with Gasteiger partial charge in [0.2, 0.25) is 5.91 Å². The number of anilines is 1. The highest BCUT2D eigenvalue weighted by molar-refractivity contribution is 5.92. The summed E-state index contributed by atoms with van der Waals surface area (Å²) in [5.74, 6) is -0.0556. The first kappa shape index (κ1) is 13.8. The SMILES string of the molecule is CC(=O)N(Cc1cccc(C#N)c1)c1c(C)n[nH]c1C. The Labute approximate surface area is 117 Å². The number of aryl methyl sites for hydroxylation is 2. The monoisotopic (exact) mass is 268 g/mol. The number of hydrogen-bond acceptors (Lipinski definition) is 3. The van der Waals surface area contributed by atoms with Gasteiger partial charge in [-0.2, -0.15) is 10.4 Å². The zero-order valence-corrected chi connectivity index (χ0v) is 11.8. The van der Waals surface area contributed by atoms with Crippen molar-refractivity contribution in [3.63, 3.8) is 0 Å². The maximum Gasteiger partial charge on any atom is 0.224 e. The van der Waals surface area contributed by atoms with Crippen molar-refractivity contribution >= 4 is 11.6 Å². The van der Waals surface area contributed by atoms with Crippen LogP contribution < -0.4 is 4.90 Å². The van der Waals surface area contributed by atoms with Crippen molar-refractivity contribution in [3.8, 4) is 6.07 Å². The van der Waals surface area contributed by atoms with E-state index >= 15 is 0 Å². The third-order valence-electron chi connectivity index (χ3n) is 3.14. The van der Waals surface area contributed by atoms with Crippen LogP contribution >= 0.6 is 0 Å². The van der Waals surface area contributed by atoms with E-state index in [2.05, 4.69) is 16.3 Å². The average Bonchev–Trinajstić information content (AvgIpc) is 2.76. The fourth-order valence-corrected chi connectivity index (χ4v) is 2.21. The third kappa shape index (κ3) is 2.69. The van der Waals surface area contributed by atoms with Crippen molar-refractivity contribution in [2.75, 3.05) is 4.90 Å². The zero-order valence-electron chi connectivity index (χ0n) is 11.8. The predicted octanol–water partition coefficient (Wildman–Crippen LogP) is 2.45. The predicted molar refractivity (Wildman–Crippen MR) is 76.1 cm³/mol. The number of aromatic amines is 1. The first-order valence-corrected chi connectivity index (χ1v) is 6.31. The summed E-state index contributed by atoms with van der Waals surface area (Å²) in [6, 6.07) is 9.37. The minimum absolute atomic E-state index is 0.0556. The van der Waals surface area contributed by atoms with E-state index < -0.39 is 0 Å². The molecule has 102 valence electrons. The number of nitriles is 1. The molecule has 1 N–H and O–H groups in total. The number of aromatic nitrogens is 2.